The third-order valence-electron chi connectivity index (χ3n) is 4.22. The number of imidazole rings is 1. The molecule has 1 aliphatic rings. The highest BCUT2D eigenvalue weighted by Crippen LogP contribution is 2.47. The highest BCUT2D eigenvalue weighted by molar-refractivity contribution is 5.92. The van der Waals surface area contributed by atoms with Crippen molar-refractivity contribution in [2.24, 2.45) is 5.92 Å². The molecule has 1 aromatic heterocycles. The van der Waals surface area contributed by atoms with Crippen LogP contribution in [-0.4, -0.2) is 20.6 Å². The number of aromatic nitrogens is 2. The maximum absolute atomic E-state index is 11.1. The van der Waals surface area contributed by atoms with Crippen molar-refractivity contribution in [3.63, 3.8) is 0 Å². The largest absolute Gasteiger partial charge is 0.478 e. The summed E-state index contributed by atoms with van der Waals surface area (Å²) in [5, 5.41) is 9.09. The first-order valence-corrected chi connectivity index (χ1v) is 7.39. The van der Waals surface area contributed by atoms with Crippen molar-refractivity contribution in [2.45, 2.75) is 45.6 Å². The lowest BCUT2D eigenvalue weighted by atomic mass is 10.2. The van der Waals surface area contributed by atoms with Crippen LogP contribution in [0.25, 0.3) is 11.0 Å². The average Bonchev–Trinajstić information content (AvgIpc) is 3.12. The number of rotatable bonds is 5. The Hall–Kier alpha value is -1.84. The minimum Gasteiger partial charge on any atom is -0.478 e. The van der Waals surface area contributed by atoms with Gasteiger partial charge in [0.2, 0.25) is 0 Å². The van der Waals surface area contributed by atoms with E-state index in [4.69, 9.17) is 5.11 Å². The molecule has 1 heterocycles. The van der Waals surface area contributed by atoms with Crippen LogP contribution in [0.15, 0.2) is 18.2 Å². The molecule has 1 aliphatic carbocycles. The van der Waals surface area contributed by atoms with Gasteiger partial charge < -0.3 is 9.67 Å². The van der Waals surface area contributed by atoms with E-state index in [2.05, 4.69) is 23.4 Å². The first-order valence-electron chi connectivity index (χ1n) is 7.39. The molecule has 1 saturated carbocycles. The SMILES string of the molecule is CCCc1nc2cc(C(=O)O)ccc2n1C1CC1CC. The Morgan fingerprint density at radius 1 is 1.45 bits per heavy atom. The van der Waals surface area contributed by atoms with Crippen molar-refractivity contribution >= 4 is 17.0 Å². The van der Waals surface area contributed by atoms with Crippen molar-refractivity contribution < 1.29 is 9.90 Å². The number of aryl methyl sites for hydroxylation is 1. The lowest BCUT2D eigenvalue weighted by Gasteiger charge is -2.08. The van der Waals surface area contributed by atoms with Gasteiger partial charge in [0, 0.05) is 12.5 Å². The molecule has 2 aromatic rings. The van der Waals surface area contributed by atoms with E-state index < -0.39 is 5.97 Å². The predicted molar refractivity (Wildman–Crippen MR) is 78.1 cm³/mol. The molecule has 106 valence electrons. The van der Waals surface area contributed by atoms with E-state index in [9.17, 15) is 4.79 Å². The molecule has 20 heavy (non-hydrogen) atoms. The van der Waals surface area contributed by atoms with Crippen LogP contribution in [0.4, 0.5) is 0 Å². The van der Waals surface area contributed by atoms with E-state index >= 15 is 0 Å². The van der Waals surface area contributed by atoms with Crippen LogP contribution in [-0.2, 0) is 6.42 Å². The number of hydrogen-bond donors (Lipinski definition) is 1. The Bertz CT molecular complexity index is 660. The Labute approximate surface area is 118 Å². The first kappa shape index (κ1) is 13.2. The first-order chi connectivity index (χ1) is 9.65. The van der Waals surface area contributed by atoms with Crippen LogP contribution >= 0.6 is 0 Å². The summed E-state index contributed by atoms with van der Waals surface area (Å²) in [7, 11) is 0. The van der Waals surface area contributed by atoms with E-state index in [1.807, 2.05) is 6.07 Å². The van der Waals surface area contributed by atoms with Gasteiger partial charge in [-0.05, 0) is 37.0 Å². The number of fused-ring (bicyclic) bond motifs is 1. The van der Waals surface area contributed by atoms with Crippen LogP contribution < -0.4 is 0 Å². The molecule has 1 fully saturated rings. The van der Waals surface area contributed by atoms with Crippen molar-refractivity contribution in [3.8, 4) is 0 Å². The maximum atomic E-state index is 11.1. The second-order valence-corrected chi connectivity index (χ2v) is 5.63. The number of hydrogen-bond acceptors (Lipinski definition) is 2. The minimum absolute atomic E-state index is 0.313. The zero-order chi connectivity index (χ0) is 14.3. The molecule has 2 atom stereocenters. The van der Waals surface area contributed by atoms with Gasteiger partial charge in [-0.1, -0.05) is 20.3 Å². The fraction of sp³-hybridized carbons (Fsp3) is 0.500. The molecule has 1 N–H and O–H groups in total. The van der Waals surface area contributed by atoms with E-state index in [1.54, 1.807) is 12.1 Å². The van der Waals surface area contributed by atoms with Crippen LogP contribution in [0, 0.1) is 5.92 Å². The Balaban J connectivity index is 2.10. The molecule has 0 spiro atoms. The monoisotopic (exact) mass is 272 g/mol. The van der Waals surface area contributed by atoms with E-state index in [1.165, 1.54) is 12.8 Å². The van der Waals surface area contributed by atoms with Gasteiger partial charge in [0.05, 0.1) is 16.6 Å². The highest BCUT2D eigenvalue weighted by atomic mass is 16.4. The number of aromatic carboxylic acids is 1. The lowest BCUT2D eigenvalue weighted by Crippen LogP contribution is -2.03. The van der Waals surface area contributed by atoms with Crippen LogP contribution in [0.5, 0.6) is 0 Å². The lowest BCUT2D eigenvalue weighted by molar-refractivity contribution is 0.0697. The summed E-state index contributed by atoms with van der Waals surface area (Å²) in [6.45, 7) is 4.38. The molecule has 0 radical (unpaired) electrons. The van der Waals surface area contributed by atoms with Crippen LogP contribution in [0.3, 0.4) is 0 Å². The number of carboxylic acid groups (broad SMARTS) is 1. The molecular formula is C16H20N2O2. The summed E-state index contributed by atoms with van der Waals surface area (Å²) < 4.78 is 2.35. The normalized spacial score (nSPS) is 21.3. The summed E-state index contributed by atoms with van der Waals surface area (Å²) >= 11 is 0. The van der Waals surface area contributed by atoms with Gasteiger partial charge >= 0.3 is 5.97 Å². The van der Waals surface area contributed by atoms with Crippen LogP contribution in [0.2, 0.25) is 0 Å². The Kier molecular flexibility index (Phi) is 3.24. The van der Waals surface area contributed by atoms with E-state index in [0.717, 1.165) is 35.6 Å². The number of benzene rings is 1. The summed E-state index contributed by atoms with van der Waals surface area (Å²) in [6, 6.07) is 5.84. The molecule has 4 heteroatoms. The fourth-order valence-corrected chi connectivity index (χ4v) is 3.04. The highest BCUT2D eigenvalue weighted by Gasteiger charge is 2.39. The molecule has 1 aromatic carbocycles. The topological polar surface area (TPSA) is 55.1 Å². The van der Waals surface area contributed by atoms with Gasteiger partial charge in [-0.3, -0.25) is 0 Å². The Morgan fingerprint density at radius 3 is 2.85 bits per heavy atom. The quantitative estimate of drug-likeness (QED) is 0.903. The third kappa shape index (κ3) is 2.09. The summed E-state index contributed by atoms with van der Waals surface area (Å²) in [5.74, 6) is 0.962. The second-order valence-electron chi connectivity index (χ2n) is 5.63. The molecule has 0 saturated heterocycles. The fourth-order valence-electron chi connectivity index (χ4n) is 3.04. The van der Waals surface area contributed by atoms with Crippen molar-refractivity contribution in [2.75, 3.05) is 0 Å². The smallest absolute Gasteiger partial charge is 0.335 e. The average molecular weight is 272 g/mol. The third-order valence-corrected chi connectivity index (χ3v) is 4.22. The standard InChI is InChI=1S/C16H20N2O2/c1-3-5-15-17-12-8-11(16(19)20)6-7-13(12)18(15)14-9-10(14)4-2/h6-8,10,14H,3-5,9H2,1-2H3,(H,19,20). The maximum Gasteiger partial charge on any atom is 0.335 e. The van der Waals surface area contributed by atoms with Gasteiger partial charge in [0.25, 0.3) is 0 Å². The van der Waals surface area contributed by atoms with Crippen LogP contribution in [0.1, 0.15) is 55.3 Å². The van der Waals surface area contributed by atoms with Crippen molar-refractivity contribution in [1.29, 1.82) is 0 Å². The summed E-state index contributed by atoms with van der Waals surface area (Å²) in [6.07, 6.45) is 4.42. The molecule has 0 bridgehead atoms. The van der Waals surface area contributed by atoms with Gasteiger partial charge in [-0.2, -0.15) is 0 Å². The van der Waals surface area contributed by atoms with E-state index in [0.29, 0.717) is 11.6 Å². The number of nitrogens with zero attached hydrogens (tertiary/aromatic N) is 2. The minimum atomic E-state index is -0.892. The van der Waals surface area contributed by atoms with Crippen molar-refractivity contribution in [3.05, 3.63) is 29.6 Å². The molecule has 0 aliphatic heterocycles. The van der Waals surface area contributed by atoms with Crippen molar-refractivity contribution in [1.82, 2.24) is 9.55 Å². The second kappa shape index (κ2) is 4.93. The van der Waals surface area contributed by atoms with Gasteiger partial charge in [-0.25, -0.2) is 9.78 Å². The molecule has 2 unspecified atom stereocenters. The molecule has 0 amide bonds. The molecular weight excluding hydrogens is 252 g/mol. The zero-order valence-corrected chi connectivity index (χ0v) is 12.0. The molecule has 3 rings (SSSR count). The summed E-state index contributed by atoms with van der Waals surface area (Å²) in [4.78, 5) is 15.7. The Morgan fingerprint density at radius 2 is 2.25 bits per heavy atom. The molecule has 4 nitrogen and oxygen atoms in total. The van der Waals surface area contributed by atoms with Gasteiger partial charge in [0.15, 0.2) is 0 Å². The number of carbonyl (C=O) groups is 1. The van der Waals surface area contributed by atoms with Gasteiger partial charge in [-0.15, -0.1) is 0 Å². The predicted octanol–water partition coefficient (Wildman–Crippen LogP) is 3.66. The zero-order valence-electron chi connectivity index (χ0n) is 12.0. The summed E-state index contributed by atoms with van der Waals surface area (Å²) in [5.41, 5.74) is 2.21. The van der Waals surface area contributed by atoms with E-state index in [-0.39, 0.29) is 0 Å². The van der Waals surface area contributed by atoms with Gasteiger partial charge in [0.1, 0.15) is 5.82 Å². The number of carboxylic acids is 1.